The lowest BCUT2D eigenvalue weighted by Gasteiger charge is -2.02. The minimum absolute atomic E-state index is 0.351. The molecule has 78 valence electrons. The van der Waals surface area contributed by atoms with Crippen LogP contribution in [0.4, 0.5) is 0 Å². The van der Waals surface area contributed by atoms with E-state index in [2.05, 4.69) is 10.1 Å². The summed E-state index contributed by atoms with van der Waals surface area (Å²) in [5.74, 6) is 0.588. The Morgan fingerprint density at radius 1 is 1.56 bits per heavy atom. The van der Waals surface area contributed by atoms with Crippen LogP contribution in [0.1, 0.15) is 21.6 Å². The van der Waals surface area contributed by atoms with Gasteiger partial charge in [0.05, 0.1) is 5.56 Å². The summed E-state index contributed by atoms with van der Waals surface area (Å²) in [6.45, 7) is 1.83. The molecule has 0 atom stereocenters. The highest BCUT2D eigenvalue weighted by Crippen LogP contribution is 2.10. The molecular formula is C11H8N4O. The van der Waals surface area contributed by atoms with E-state index in [9.17, 15) is 4.79 Å². The molecule has 0 aromatic carbocycles. The molecule has 0 unspecified atom stereocenters. The molecule has 0 saturated carbocycles. The average molecular weight is 212 g/mol. The molecule has 0 saturated heterocycles. The fourth-order valence-electron chi connectivity index (χ4n) is 1.31. The molecule has 0 bridgehead atoms. The summed E-state index contributed by atoms with van der Waals surface area (Å²) in [5.41, 5.74) is 1.71. The first-order chi connectivity index (χ1) is 7.74. The molecule has 2 aromatic rings. The first-order valence-electron chi connectivity index (χ1n) is 4.62. The van der Waals surface area contributed by atoms with E-state index in [1.54, 1.807) is 18.3 Å². The Morgan fingerprint density at radius 2 is 2.38 bits per heavy atom. The van der Waals surface area contributed by atoms with Crippen molar-refractivity contribution in [2.75, 3.05) is 0 Å². The van der Waals surface area contributed by atoms with E-state index >= 15 is 0 Å². The van der Waals surface area contributed by atoms with Gasteiger partial charge in [-0.3, -0.25) is 4.79 Å². The third-order valence-electron chi connectivity index (χ3n) is 2.18. The predicted molar refractivity (Wildman–Crippen MR) is 56.2 cm³/mol. The highest BCUT2D eigenvalue weighted by Gasteiger charge is 2.04. The van der Waals surface area contributed by atoms with Gasteiger partial charge in [0.1, 0.15) is 11.8 Å². The van der Waals surface area contributed by atoms with Crippen molar-refractivity contribution in [2.24, 2.45) is 0 Å². The number of hydrogen-bond donors (Lipinski definition) is 0. The number of rotatable bonds is 2. The van der Waals surface area contributed by atoms with Crippen molar-refractivity contribution in [1.29, 1.82) is 5.26 Å². The van der Waals surface area contributed by atoms with Gasteiger partial charge >= 0.3 is 0 Å². The summed E-state index contributed by atoms with van der Waals surface area (Å²) in [6.07, 6.45) is 3.82. The molecule has 0 N–H and O–H groups in total. The van der Waals surface area contributed by atoms with Gasteiger partial charge in [0.15, 0.2) is 12.1 Å². The van der Waals surface area contributed by atoms with E-state index in [-0.39, 0.29) is 0 Å². The van der Waals surface area contributed by atoms with Gasteiger partial charge in [-0.15, -0.1) is 0 Å². The first kappa shape index (κ1) is 10.1. The van der Waals surface area contributed by atoms with Crippen LogP contribution in [-0.2, 0) is 0 Å². The summed E-state index contributed by atoms with van der Waals surface area (Å²) in [4.78, 5) is 14.6. The van der Waals surface area contributed by atoms with E-state index in [1.165, 1.54) is 10.9 Å². The number of hydrogen-bond acceptors (Lipinski definition) is 4. The molecule has 0 fully saturated rings. The highest BCUT2D eigenvalue weighted by atomic mass is 16.1. The summed E-state index contributed by atoms with van der Waals surface area (Å²) in [6, 6.07) is 5.39. The monoisotopic (exact) mass is 212 g/mol. The molecule has 16 heavy (non-hydrogen) atoms. The third-order valence-corrected chi connectivity index (χ3v) is 2.18. The Balaban J connectivity index is 2.45. The minimum atomic E-state index is 0.351. The van der Waals surface area contributed by atoms with Crippen molar-refractivity contribution in [3.63, 3.8) is 0 Å². The number of pyridine rings is 1. The van der Waals surface area contributed by atoms with Gasteiger partial charge in [0.25, 0.3) is 0 Å². The molecular weight excluding hydrogens is 204 g/mol. The minimum Gasteiger partial charge on any atom is -0.296 e. The second kappa shape index (κ2) is 3.95. The van der Waals surface area contributed by atoms with Crippen molar-refractivity contribution in [3.05, 3.63) is 41.3 Å². The van der Waals surface area contributed by atoms with E-state index in [1.807, 2.05) is 13.0 Å². The van der Waals surface area contributed by atoms with E-state index < -0.39 is 0 Å². The molecule has 0 aliphatic carbocycles. The second-order valence-electron chi connectivity index (χ2n) is 3.27. The quantitative estimate of drug-likeness (QED) is 0.702. The SMILES string of the molecule is Cc1cc(-n2ccc(C=O)n2)ncc1C#N. The van der Waals surface area contributed by atoms with Crippen LogP contribution >= 0.6 is 0 Å². The Bertz CT molecular complexity index is 580. The van der Waals surface area contributed by atoms with Crippen LogP contribution in [0, 0.1) is 18.3 Å². The van der Waals surface area contributed by atoms with Gasteiger partial charge in [-0.2, -0.15) is 10.4 Å². The molecule has 5 heteroatoms. The van der Waals surface area contributed by atoms with Crippen LogP contribution < -0.4 is 0 Å². The van der Waals surface area contributed by atoms with Crippen LogP contribution in [0.2, 0.25) is 0 Å². The lowest BCUT2D eigenvalue weighted by molar-refractivity contribution is 0.111. The normalized spacial score (nSPS) is 9.75. The zero-order valence-corrected chi connectivity index (χ0v) is 8.58. The zero-order chi connectivity index (χ0) is 11.5. The first-order valence-corrected chi connectivity index (χ1v) is 4.62. The van der Waals surface area contributed by atoms with Gasteiger partial charge in [0.2, 0.25) is 0 Å². The van der Waals surface area contributed by atoms with Crippen LogP contribution in [0.5, 0.6) is 0 Å². The van der Waals surface area contributed by atoms with Gasteiger partial charge in [0, 0.05) is 12.4 Å². The van der Waals surface area contributed by atoms with Crippen molar-refractivity contribution < 1.29 is 4.79 Å². The largest absolute Gasteiger partial charge is 0.296 e. The number of nitriles is 1. The zero-order valence-electron chi connectivity index (χ0n) is 8.58. The fourth-order valence-corrected chi connectivity index (χ4v) is 1.31. The van der Waals surface area contributed by atoms with Crippen LogP contribution in [0.25, 0.3) is 5.82 Å². The highest BCUT2D eigenvalue weighted by molar-refractivity contribution is 5.71. The van der Waals surface area contributed by atoms with E-state index in [4.69, 9.17) is 5.26 Å². The van der Waals surface area contributed by atoms with Crippen molar-refractivity contribution in [2.45, 2.75) is 6.92 Å². The van der Waals surface area contributed by atoms with Crippen LogP contribution in [0.3, 0.4) is 0 Å². The van der Waals surface area contributed by atoms with Crippen LogP contribution in [-0.4, -0.2) is 21.1 Å². The van der Waals surface area contributed by atoms with E-state index in [0.29, 0.717) is 23.4 Å². The summed E-state index contributed by atoms with van der Waals surface area (Å²) in [5, 5.41) is 12.8. The lowest BCUT2D eigenvalue weighted by atomic mass is 10.2. The Labute approximate surface area is 92.0 Å². The maximum atomic E-state index is 10.5. The van der Waals surface area contributed by atoms with E-state index in [0.717, 1.165) is 5.56 Å². The number of nitrogens with zero attached hydrogens (tertiary/aromatic N) is 4. The Hall–Kier alpha value is -2.48. The predicted octanol–water partition coefficient (Wildman–Crippen LogP) is 1.26. The Morgan fingerprint density at radius 3 is 2.94 bits per heavy atom. The molecule has 0 aliphatic rings. The molecule has 0 amide bonds. The topological polar surface area (TPSA) is 71.6 Å². The number of aromatic nitrogens is 3. The maximum Gasteiger partial charge on any atom is 0.170 e. The maximum absolute atomic E-state index is 10.5. The second-order valence-corrected chi connectivity index (χ2v) is 3.27. The molecule has 0 aliphatic heterocycles. The molecule has 5 nitrogen and oxygen atoms in total. The molecule has 0 spiro atoms. The van der Waals surface area contributed by atoms with Crippen molar-refractivity contribution in [1.82, 2.24) is 14.8 Å². The third kappa shape index (κ3) is 1.68. The standard InChI is InChI=1S/C11H8N4O/c1-8-4-11(13-6-9(8)5-12)15-3-2-10(7-16)14-15/h2-4,6-7H,1H3. The summed E-state index contributed by atoms with van der Waals surface area (Å²) >= 11 is 0. The Kier molecular flexibility index (Phi) is 2.48. The fraction of sp³-hybridized carbons (Fsp3) is 0.0909. The van der Waals surface area contributed by atoms with Crippen molar-refractivity contribution >= 4 is 6.29 Å². The van der Waals surface area contributed by atoms with Gasteiger partial charge in [-0.25, -0.2) is 9.67 Å². The van der Waals surface area contributed by atoms with Gasteiger partial charge in [-0.05, 0) is 24.6 Å². The smallest absolute Gasteiger partial charge is 0.170 e. The molecule has 2 heterocycles. The van der Waals surface area contributed by atoms with Gasteiger partial charge in [-0.1, -0.05) is 0 Å². The lowest BCUT2D eigenvalue weighted by Crippen LogP contribution is -2.00. The molecule has 0 radical (unpaired) electrons. The number of aryl methyl sites for hydroxylation is 1. The van der Waals surface area contributed by atoms with Crippen LogP contribution in [0.15, 0.2) is 24.5 Å². The summed E-state index contributed by atoms with van der Waals surface area (Å²) in [7, 11) is 0. The van der Waals surface area contributed by atoms with Crippen molar-refractivity contribution in [3.8, 4) is 11.9 Å². The van der Waals surface area contributed by atoms with Gasteiger partial charge < -0.3 is 0 Å². The number of carbonyl (C=O) groups is 1. The number of carbonyl (C=O) groups excluding carboxylic acids is 1. The molecule has 2 rings (SSSR count). The summed E-state index contributed by atoms with van der Waals surface area (Å²) < 4.78 is 1.50. The average Bonchev–Trinajstić information content (AvgIpc) is 2.77. The molecule has 2 aromatic heterocycles. The number of aldehydes is 1.